The molecule has 1 atom stereocenters. The van der Waals surface area contributed by atoms with Gasteiger partial charge in [-0.2, -0.15) is 11.8 Å². The zero-order valence-corrected chi connectivity index (χ0v) is 17.6. The lowest BCUT2D eigenvalue weighted by atomic mass is 10.1. The van der Waals surface area contributed by atoms with Crippen LogP contribution in [-0.4, -0.2) is 60.6 Å². The Hall–Kier alpha value is -1.89. The molecule has 0 saturated carbocycles. The van der Waals surface area contributed by atoms with E-state index in [1.54, 1.807) is 0 Å². The first-order valence-corrected chi connectivity index (χ1v) is 10.7. The van der Waals surface area contributed by atoms with Crippen molar-refractivity contribution < 1.29 is 9.53 Å². The van der Waals surface area contributed by atoms with Gasteiger partial charge in [0.1, 0.15) is 12.4 Å². The maximum atomic E-state index is 11.2. The van der Waals surface area contributed by atoms with E-state index in [1.807, 2.05) is 24.3 Å². The lowest BCUT2D eigenvalue weighted by Crippen LogP contribution is -2.49. The van der Waals surface area contributed by atoms with E-state index in [2.05, 4.69) is 48.1 Å². The second kappa shape index (κ2) is 11.1. The number of nitrogens with one attached hydrogen (secondary N) is 2. The number of carbonyl (C=O) groups excluding carboxylic acids is 1. The fourth-order valence-electron chi connectivity index (χ4n) is 2.88. The highest BCUT2D eigenvalue weighted by atomic mass is 32.2. The highest BCUT2D eigenvalue weighted by Gasteiger charge is 2.24. The standard InChI is InChI=1S/C20H32N4O2S/c1-5-21-20(24-10-12-27-19(14-24)15(2)3)22-9-11-26-18-8-6-7-17(13-18)23-16(4)25/h6-8,13,15,19H,5,9-12,14H2,1-4H3,(H,21,22)(H,23,25). The number of ether oxygens (including phenoxy) is 1. The van der Waals surface area contributed by atoms with Gasteiger partial charge in [0.15, 0.2) is 5.96 Å². The van der Waals surface area contributed by atoms with Crippen molar-refractivity contribution in [2.75, 3.05) is 43.9 Å². The molecule has 27 heavy (non-hydrogen) atoms. The fourth-order valence-corrected chi connectivity index (χ4v) is 4.18. The highest BCUT2D eigenvalue weighted by molar-refractivity contribution is 8.00. The van der Waals surface area contributed by atoms with Gasteiger partial charge < -0.3 is 20.3 Å². The lowest BCUT2D eigenvalue weighted by Gasteiger charge is -2.36. The maximum absolute atomic E-state index is 11.2. The number of hydrogen-bond donors (Lipinski definition) is 2. The normalized spacial score (nSPS) is 17.7. The Kier molecular flexibility index (Phi) is 8.78. The number of carbonyl (C=O) groups is 1. The summed E-state index contributed by atoms with van der Waals surface area (Å²) in [5.41, 5.74) is 0.738. The average Bonchev–Trinajstić information content (AvgIpc) is 2.64. The van der Waals surface area contributed by atoms with Gasteiger partial charge in [-0.25, -0.2) is 4.99 Å². The molecule has 2 rings (SSSR count). The van der Waals surface area contributed by atoms with Crippen LogP contribution in [-0.2, 0) is 4.79 Å². The summed E-state index contributed by atoms with van der Waals surface area (Å²) in [5, 5.41) is 6.81. The van der Waals surface area contributed by atoms with Crippen molar-refractivity contribution >= 4 is 29.3 Å². The Morgan fingerprint density at radius 2 is 2.26 bits per heavy atom. The minimum Gasteiger partial charge on any atom is -0.492 e. The van der Waals surface area contributed by atoms with E-state index >= 15 is 0 Å². The molecule has 7 heteroatoms. The minimum absolute atomic E-state index is 0.0913. The van der Waals surface area contributed by atoms with Crippen molar-refractivity contribution in [2.45, 2.75) is 32.9 Å². The van der Waals surface area contributed by atoms with Crippen LogP contribution in [0.15, 0.2) is 29.3 Å². The summed E-state index contributed by atoms with van der Waals surface area (Å²) in [4.78, 5) is 18.3. The van der Waals surface area contributed by atoms with E-state index in [-0.39, 0.29) is 5.91 Å². The van der Waals surface area contributed by atoms with E-state index in [0.717, 1.165) is 42.8 Å². The summed E-state index contributed by atoms with van der Waals surface area (Å²) >= 11 is 2.06. The van der Waals surface area contributed by atoms with Crippen LogP contribution in [0.25, 0.3) is 0 Å². The highest BCUT2D eigenvalue weighted by Crippen LogP contribution is 2.24. The summed E-state index contributed by atoms with van der Waals surface area (Å²) in [5.74, 6) is 3.42. The van der Waals surface area contributed by atoms with Crippen molar-refractivity contribution in [1.29, 1.82) is 0 Å². The van der Waals surface area contributed by atoms with Gasteiger partial charge in [0.05, 0.1) is 6.54 Å². The van der Waals surface area contributed by atoms with Crippen molar-refractivity contribution in [3.8, 4) is 5.75 Å². The van der Waals surface area contributed by atoms with Crippen LogP contribution < -0.4 is 15.4 Å². The summed E-state index contributed by atoms with van der Waals surface area (Å²) in [7, 11) is 0. The Bertz CT molecular complexity index is 636. The number of benzene rings is 1. The van der Waals surface area contributed by atoms with E-state index in [9.17, 15) is 4.79 Å². The molecule has 6 nitrogen and oxygen atoms in total. The third-order valence-corrected chi connectivity index (χ3v) is 5.79. The van der Waals surface area contributed by atoms with Crippen LogP contribution >= 0.6 is 11.8 Å². The molecule has 0 aliphatic carbocycles. The van der Waals surface area contributed by atoms with Crippen molar-refractivity contribution in [3.05, 3.63) is 24.3 Å². The molecule has 1 aromatic rings. The maximum Gasteiger partial charge on any atom is 0.221 e. The molecule has 1 aliphatic rings. The van der Waals surface area contributed by atoms with Gasteiger partial charge in [-0.1, -0.05) is 19.9 Å². The fraction of sp³-hybridized carbons (Fsp3) is 0.600. The van der Waals surface area contributed by atoms with Gasteiger partial charge >= 0.3 is 0 Å². The predicted molar refractivity (Wildman–Crippen MR) is 115 cm³/mol. The van der Waals surface area contributed by atoms with Crippen LogP contribution in [0.4, 0.5) is 5.69 Å². The molecule has 1 aliphatic heterocycles. The first kappa shape index (κ1) is 21.4. The number of amides is 1. The van der Waals surface area contributed by atoms with Crippen LogP contribution in [0, 0.1) is 5.92 Å². The topological polar surface area (TPSA) is 66.0 Å². The largest absolute Gasteiger partial charge is 0.492 e. The Labute approximate surface area is 167 Å². The molecular formula is C20H32N4O2S. The van der Waals surface area contributed by atoms with Crippen molar-refractivity contribution in [3.63, 3.8) is 0 Å². The van der Waals surface area contributed by atoms with Crippen molar-refractivity contribution in [1.82, 2.24) is 10.2 Å². The second-order valence-electron chi connectivity index (χ2n) is 6.89. The minimum atomic E-state index is -0.0913. The number of nitrogens with zero attached hydrogens (tertiary/aromatic N) is 2. The molecule has 150 valence electrons. The van der Waals surface area contributed by atoms with E-state index in [4.69, 9.17) is 9.73 Å². The molecular weight excluding hydrogens is 360 g/mol. The van der Waals surface area contributed by atoms with Gasteiger partial charge in [0.2, 0.25) is 5.91 Å². The van der Waals surface area contributed by atoms with Gasteiger partial charge in [0, 0.05) is 49.3 Å². The number of aliphatic imine (C=N–C) groups is 1. The smallest absolute Gasteiger partial charge is 0.221 e. The first-order chi connectivity index (χ1) is 13.0. The third kappa shape index (κ3) is 7.33. The Morgan fingerprint density at radius 3 is 2.96 bits per heavy atom. The summed E-state index contributed by atoms with van der Waals surface area (Å²) in [6.07, 6.45) is 0. The monoisotopic (exact) mass is 392 g/mol. The van der Waals surface area contributed by atoms with Gasteiger partial charge in [-0.05, 0) is 25.0 Å². The first-order valence-electron chi connectivity index (χ1n) is 9.65. The van der Waals surface area contributed by atoms with E-state index in [0.29, 0.717) is 24.3 Å². The zero-order valence-electron chi connectivity index (χ0n) is 16.8. The molecule has 0 aromatic heterocycles. The Balaban J connectivity index is 1.89. The summed E-state index contributed by atoms with van der Waals surface area (Å²) < 4.78 is 5.79. The molecule has 1 unspecified atom stereocenters. The number of guanidine groups is 1. The number of hydrogen-bond acceptors (Lipinski definition) is 4. The van der Waals surface area contributed by atoms with Gasteiger partial charge in [-0.15, -0.1) is 0 Å². The molecule has 1 heterocycles. The molecule has 1 saturated heterocycles. The van der Waals surface area contributed by atoms with Gasteiger partial charge in [0.25, 0.3) is 0 Å². The molecule has 0 radical (unpaired) electrons. The third-order valence-electron chi connectivity index (χ3n) is 4.25. The molecule has 1 fully saturated rings. The van der Waals surface area contributed by atoms with Gasteiger partial charge in [-0.3, -0.25) is 4.79 Å². The average molecular weight is 393 g/mol. The quantitative estimate of drug-likeness (QED) is 0.424. The second-order valence-corrected chi connectivity index (χ2v) is 8.24. The van der Waals surface area contributed by atoms with E-state index < -0.39 is 0 Å². The zero-order chi connectivity index (χ0) is 19.6. The molecule has 0 bridgehead atoms. The number of thioether (sulfide) groups is 1. The van der Waals surface area contributed by atoms with Crippen LogP contribution in [0.1, 0.15) is 27.7 Å². The van der Waals surface area contributed by atoms with Crippen molar-refractivity contribution in [2.24, 2.45) is 10.9 Å². The SMILES string of the molecule is CCNC(=NCCOc1cccc(NC(C)=O)c1)N1CCSC(C(C)C)C1. The van der Waals surface area contributed by atoms with Crippen LogP contribution in [0.3, 0.4) is 0 Å². The predicted octanol–water partition coefficient (Wildman–Crippen LogP) is 3.06. The lowest BCUT2D eigenvalue weighted by molar-refractivity contribution is -0.114. The molecule has 0 spiro atoms. The number of rotatable bonds is 7. The summed E-state index contributed by atoms with van der Waals surface area (Å²) in [6, 6.07) is 7.42. The molecule has 2 N–H and O–H groups in total. The number of anilines is 1. The summed E-state index contributed by atoms with van der Waals surface area (Å²) in [6.45, 7) is 12.2. The Morgan fingerprint density at radius 1 is 1.44 bits per heavy atom. The van der Waals surface area contributed by atoms with Crippen LogP contribution in [0.5, 0.6) is 5.75 Å². The molecule has 1 aromatic carbocycles. The van der Waals surface area contributed by atoms with Crippen LogP contribution in [0.2, 0.25) is 0 Å². The van der Waals surface area contributed by atoms with E-state index in [1.165, 1.54) is 6.92 Å². The molecule has 1 amide bonds.